The molecule has 1 saturated heterocycles. The first-order chi connectivity index (χ1) is 11.0. The van der Waals surface area contributed by atoms with Crippen molar-refractivity contribution in [3.05, 3.63) is 35.9 Å². The molecule has 1 atom stereocenters. The highest BCUT2D eigenvalue weighted by atomic mass is 16.2. The third kappa shape index (κ3) is 3.23. The van der Waals surface area contributed by atoms with Crippen molar-refractivity contribution in [2.45, 2.75) is 25.8 Å². The van der Waals surface area contributed by atoms with E-state index in [1.807, 2.05) is 19.1 Å². The number of likely N-dealkylation sites (tertiary alicyclic amines) is 1. The number of nitrogens with zero attached hydrogens (tertiary/aromatic N) is 3. The first-order valence-electron chi connectivity index (χ1n) is 7.56. The molecular weight excluding hydrogens is 294 g/mol. The Bertz CT molecular complexity index is 725. The molecule has 2 N–H and O–H groups in total. The van der Waals surface area contributed by atoms with E-state index in [9.17, 15) is 9.59 Å². The molecule has 1 fully saturated rings. The number of aromatic amines is 1. The number of hydrogen-bond donors (Lipinski definition) is 2. The van der Waals surface area contributed by atoms with Gasteiger partial charge in [0.25, 0.3) is 5.91 Å². The molecule has 0 radical (unpaired) electrons. The van der Waals surface area contributed by atoms with Crippen molar-refractivity contribution in [2.24, 2.45) is 0 Å². The SMILES string of the molecule is Cc1[nH]c(-c2cccnc2)nc1C(=O)NC1CCN(C)C(=O)C1. The monoisotopic (exact) mass is 313 g/mol. The predicted octanol–water partition coefficient (Wildman–Crippen LogP) is 1.13. The van der Waals surface area contributed by atoms with E-state index in [1.54, 1.807) is 24.3 Å². The molecule has 0 bridgehead atoms. The van der Waals surface area contributed by atoms with Crippen molar-refractivity contribution in [2.75, 3.05) is 13.6 Å². The van der Waals surface area contributed by atoms with Crippen molar-refractivity contribution in [1.29, 1.82) is 0 Å². The molecule has 120 valence electrons. The Labute approximate surface area is 134 Å². The van der Waals surface area contributed by atoms with Gasteiger partial charge < -0.3 is 15.2 Å². The van der Waals surface area contributed by atoms with Crippen molar-refractivity contribution < 1.29 is 9.59 Å². The number of amides is 2. The molecule has 2 amide bonds. The van der Waals surface area contributed by atoms with Gasteiger partial charge >= 0.3 is 0 Å². The van der Waals surface area contributed by atoms with Gasteiger partial charge in [0, 0.05) is 49.7 Å². The smallest absolute Gasteiger partial charge is 0.272 e. The van der Waals surface area contributed by atoms with Gasteiger partial charge in [0.2, 0.25) is 5.91 Å². The highest BCUT2D eigenvalue weighted by Gasteiger charge is 2.26. The molecule has 3 heterocycles. The van der Waals surface area contributed by atoms with Crippen LogP contribution in [0.3, 0.4) is 0 Å². The fourth-order valence-electron chi connectivity index (χ4n) is 2.64. The number of piperidine rings is 1. The molecule has 7 heteroatoms. The zero-order valence-corrected chi connectivity index (χ0v) is 13.2. The number of carbonyl (C=O) groups is 2. The minimum absolute atomic E-state index is 0.0522. The van der Waals surface area contributed by atoms with Gasteiger partial charge in [-0.05, 0) is 25.5 Å². The average molecular weight is 313 g/mol. The Hall–Kier alpha value is -2.70. The summed E-state index contributed by atoms with van der Waals surface area (Å²) in [4.78, 5) is 37.4. The maximum absolute atomic E-state index is 12.4. The fourth-order valence-corrected chi connectivity index (χ4v) is 2.64. The first kappa shape index (κ1) is 15.2. The predicted molar refractivity (Wildman–Crippen MR) is 84.7 cm³/mol. The summed E-state index contributed by atoms with van der Waals surface area (Å²) in [5, 5.41) is 2.91. The number of aryl methyl sites for hydroxylation is 1. The van der Waals surface area contributed by atoms with Gasteiger partial charge in [-0.3, -0.25) is 14.6 Å². The zero-order valence-electron chi connectivity index (χ0n) is 13.2. The van der Waals surface area contributed by atoms with Crippen LogP contribution in [0.15, 0.2) is 24.5 Å². The standard InChI is InChI=1S/C16H19N5O2/c1-10-14(20-15(18-10)11-4-3-6-17-9-11)16(23)19-12-5-7-21(2)13(22)8-12/h3-4,6,9,12H,5,7-8H2,1-2H3,(H,18,20)(H,19,23). The van der Waals surface area contributed by atoms with Crippen LogP contribution in [0.25, 0.3) is 11.4 Å². The molecule has 0 spiro atoms. The maximum atomic E-state index is 12.4. The van der Waals surface area contributed by atoms with Crippen molar-refractivity contribution in [3.8, 4) is 11.4 Å². The average Bonchev–Trinajstić information content (AvgIpc) is 2.94. The molecule has 1 aliphatic rings. The lowest BCUT2D eigenvalue weighted by atomic mass is 10.0. The maximum Gasteiger partial charge on any atom is 0.272 e. The van der Waals surface area contributed by atoms with Crippen molar-refractivity contribution in [1.82, 2.24) is 25.2 Å². The van der Waals surface area contributed by atoms with Gasteiger partial charge in [-0.15, -0.1) is 0 Å². The van der Waals surface area contributed by atoms with E-state index < -0.39 is 0 Å². The lowest BCUT2D eigenvalue weighted by Gasteiger charge is -2.29. The van der Waals surface area contributed by atoms with Crippen molar-refractivity contribution in [3.63, 3.8) is 0 Å². The summed E-state index contributed by atoms with van der Waals surface area (Å²) in [5.74, 6) is 0.410. The van der Waals surface area contributed by atoms with Crippen LogP contribution in [0.1, 0.15) is 29.0 Å². The van der Waals surface area contributed by atoms with E-state index in [4.69, 9.17) is 0 Å². The van der Waals surface area contributed by atoms with Crippen LogP contribution in [-0.2, 0) is 4.79 Å². The minimum atomic E-state index is -0.253. The molecule has 7 nitrogen and oxygen atoms in total. The largest absolute Gasteiger partial charge is 0.347 e. The summed E-state index contributed by atoms with van der Waals surface area (Å²) in [7, 11) is 1.78. The zero-order chi connectivity index (χ0) is 16.4. The van der Waals surface area contributed by atoms with E-state index >= 15 is 0 Å². The van der Waals surface area contributed by atoms with E-state index in [0.29, 0.717) is 30.2 Å². The summed E-state index contributed by atoms with van der Waals surface area (Å²) in [6.07, 6.45) is 4.47. The molecule has 3 rings (SSSR count). The summed E-state index contributed by atoms with van der Waals surface area (Å²) in [6.45, 7) is 2.46. The molecule has 23 heavy (non-hydrogen) atoms. The third-order valence-electron chi connectivity index (χ3n) is 4.03. The quantitative estimate of drug-likeness (QED) is 0.888. The van der Waals surface area contributed by atoms with Gasteiger partial charge in [0.1, 0.15) is 11.5 Å². The molecule has 2 aromatic heterocycles. The van der Waals surface area contributed by atoms with Crippen LogP contribution in [0.4, 0.5) is 0 Å². The number of rotatable bonds is 3. The summed E-state index contributed by atoms with van der Waals surface area (Å²) < 4.78 is 0. The number of hydrogen-bond acceptors (Lipinski definition) is 4. The van der Waals surface area contributed by atoms with Gasteiger partial charge in [-0.2, -0.15) is 0 Å². The van der Waals surface area contributed by atoms with E-state index in [-0.39, 0.29) is 17.9 Å². The lowest BCUT2D eigenvalue weighted by Crippen LogP contribution is -2.46. The Morgan fingerprint density at radius 1 is 1.48 bits per heavy atom. The van der Waals surface area contributed by atoms with Crippen LogP contribution in [0.2, 0.25) is 0 Å². The third-order valence-corrected chi connectivity index (χ3v) is 4.03. The molecular formula is C16H19N5O2. The molecule has 1 aliphatic heterocycles. The van der Waals surface area contributed by atoms with Crippen LogP contribution in [-0.4, -0.2) is 51.3 Å². The van der Waals surface area contributed by atoms with Gasteiger partial charge in [-0.25, -0.2) is 4.98 Å². The highest BCUT2D eigenvalue weighted by Crippen LogP contribution is 2.17. The number of nitrogens with one attached hydrogen (secondary N) is 2. The Morgan fingerprint density at radius 3 is 3.00 bits per heavy atom. The second-order valence-corrected chi connectivity index (χ2v) is 5.78. The number of pyridine rings is 1. The molecule has 2 aromatic rings. The minimum Gasteiger partial charge on any atom is -0.347 e. The van der Waals surface area contributed by atoms with Gasteiger partial charge in [-0.1, -0.05) is 0 Å². The van der Waals surface area contributed by atoms with E-state index in [2.05, 4.69) is 20.3 Å². The summed E-state index contributed by atoms with van der Waals surface area (Å²) in [6, 6.07) is 3.56. The highest BCUT2D eigenvalue weighted by molar-refractivity contribution is 5.94. The lowest BCUT2D eigenvalue weighted by molar-refractivity contribution is -0.132. The second-order valence-electron chi connectivity index (χ2n) is 5.78. The normalized spacial score (nSPS) is 18.1. The Kier molecular flexibility index (Phi) is 4.10. The van der Waals surface area contributed by atoms with Crippen LogP contribution in [0.5, 0.6) is 0 Å². The number of carbonyl (C=O) groups excluding carboxylic acids is 2. The fraction of sp³-hybridized carbons (Fsp3) is 0.375. The topological polar surface area (TPSA) is 91.0 Å². The molecule has 0 aliphatic carbocycles. The second kappa shape index (κ2) is 6.20. The van der Waals surface area contributed by atoms with E-state index in [1.165, 1.54) is 0 Å². The summed E-state index contributed by atoms with van der Waals surface area (Å²) in [5.41, 5.74) is 1.87. The number of H-pyrrole nitrogens is 1. The number of imidazole rings is 1. The van der Waals surface area contributed by atoms with Crippen LogP contribution >= 0.6 is 0 Å². The van der Waals surface area contributed by atoms with Crippen LogP contribution < -0.4 is 5.32 Å². The first-order valence-corrected chi connectivity index (χ1v) is 7.56. The summed E-state index contributed by atoms with van der Waals surface area (Å²) >= 11 is 0. The van der Waals surface area contributed by atoms with Gasteiger partial charge in [0.15, 0.2) is 0 Å². The van der Waals surface area contributed by atoms with Crippen LogP contribution in [0, 0.1) is 6.92 Å². The van der Waals surface area contributed by atoms with E-state index in [0.717, 1.165) is 12.0 Å². The van der Waals surface area contributed by atoms with Gasteiger partial charge in [0.05, 0.1) is 0 Å². The molecule has 0 saturated carbocycles. The molecule has 1 unspecified atom stereocenters. The Balaban J connectivity index is 1.73. The number of aromatic nitrogens is 3. The molecule has 0 aromatic carbocycles. The Morgan fingerprint density at radius 2 is 2.30 bits per heavy atom. The van der Waals surface area contributed by atoms with Crippen molar-refractivity contribution >= 4 is 11.8 Å².